The van der Waals surface area contributed by atoms with Crippen LogP contribution in [0.3, 0.4) is 0 Å². The van der Waals surface area contributed by atoms with E-state index in [1.54, 1.807) is 18.3 Å². The van der Waals surface area contributed by atoms with Crippen LogP contribution in [0, 0.1) is 17.8 Å². The van der Waals surface area contributed by atoms with Gasteiger partial charge in [-0.25, -0.2) is 0 Å². The maximum atomic E-state index is 13.5. The second-order valence-electron chi connectivity index (χ2n) is 11.0. The van der Waals surface area contributed by atoms with Crippen molar-refractivity contribution in [1.82, 2.24) is 9.88 Å². The van der Waals surface area contributed by atoms with E-state index in [-0.39, 0.29) is 47.8 Å². The van der Waals surface area contributed by atoms with E-state index in [2.05, 4.69) is 11.9 Å². The average Bonchev–Trinajstić information content (AvgIpc) is 3.47. The number of pyridine rings is 1. The molecule has 5 rings (SSSR count). The minimum atomic E-state index is -0.829. The molecule has 2 aromatic rings. The number of para-hydroxylation sites is 1. The lowest BCUT2D eigenvalue weighted by atomic mass is 9.70. The van der Waals surface area contributed by atoms with Crippen molar-refractivity contribution in [2.75, 3.05) is 13.2 Å². The number of benzene rings is 1. The molecular weight excluding hydrogens is 508 g/mol. The Kier molecular flexibility index (Phi) is 8.45. The largest absolute Gasteiger partial charge is 0.507 e. The first-order valence-corrected chi connectivity index (χ1v) is 14.1. The highest BCUT2D eigenvalue weighted by atomic mass is 16.5. The van der Waals surface area contributed by atoms with Gasteiger partial charge in [-0.2, -0.15) is 0 Å². The molecule has 4 atom stereocenters. The van der Waals surface area contributed by atoms with Gasteiger partial charge >= 0.3 is 5.97 Å². The van der Waals surface area contributed by atoms with E-state index in [4.69, 9.17) is 9.84 Å². The maximum absolute atomic E-state index is 13.5. The highest BCUT2D eigenvalue weighted by Gasteiger charge is 2.56. The van der Waals surface area contributed by atoms with E-state index in [0.29, 0.717) is 51.7 Å². The number of ether oxygens (including phenoxy) is 1. The zero-order chi connectivity index (χ0) is 28.2. The SMILES string of the molecule is CC1=C2[C@@H](CC/C(=C/c3ccccc3O)c3ccccn3)OC[C@@H]2[C@@H]2C(=O)N(CCCCCC(=O)O)C(=O)[C@@H]2C1. The lowest BCUT2D eigenvalue weighted by molar-refractivity contribution is -0.141. The van der Waals surface area contributed by atoms with Gasteiger partial charge in [0.25, 0.3) is 0 Å². The van der Waals surface area contributed by atoms with Crippen LogP contribution in [0.4, 0.5) is 0 Å². The molecule has 1 aromatic heterocycles. The molecule has 0 unspecified atom stereocenters. The molecule has 210 valence electrons. The number of unbranched alkanes of at least 4 members (excludes halogenated alkanes) is 2. The summed E-state index contributed by atoms with van der Waals surface area (Å²) < 4.78 is 6.30. The Labute approximate surface area is 234 Å². The molecule has 0 spiro atoms. The van der Waals surface area contributed by atoms with Crippen LogP contribution >= 0.6 is 0 Å². The highest BCUT2D eigenvalue weighted by molar-refractivity contribution is 6.06. The molecule has 0 saturated carbocycles. The van der Waals surface area contributed by atoms with Crippen LogP contribution in [0.15, 0.2) is 59.8 Å². The highest BCUT2D eigenvalue weighted by Crippen LogP contribution is 2.50. The molecule has 0 bridgehead atoms. The number of aromatic nitrogens is 1. The molecular formula is C32H36N2O6. The molecule has 3 heterocycles. The van der Waals surface area contributed by atoms with E-state index in [0.717, 1.165) is 28.0 Å². The van der Waals surface area contributed by atoms with Crippen molar-refractivity contribution < 1.29 is 29.3 Å². The summed E-state index contributed by atoms with van der Waals surface area (Å²) in [6.07, 6.45) is 7.45. The summed E-state index contributed by atoms with van der Waals surface area (Å²) >= 11 is 0. The smallest absolute Gasteiger partial charge is 0.303 e. The van der Waals surface area contributed by atoms with Crippen molar-refractivity contribution in [2.45, 2.75) is 58.0 Å². The number of allylic oxidation sites excluding steroid dienone is 2. The molecule has 2 aliphatic heterocycles. The topological polar surface area (TPSA) is 117 Å². The normalized spacial score (nSPS) is 24.4. The summed E-state index contributed by atoms with van der Waals surface area (Å²) in [5, 5.41) is 19.2. The molecule has 1 aliphatic carbocycles. The van der Waals surface area contributed by atoms with E-state index < -0.39 is 5.97 Å². The van der Waals surface area contributed by atoms with Crippen molar-refractivity contribution in [1.29, 1.82) is 0 Å². The lowest BCUT2D eigenvalue weighted by Gasteiger charge is -2.30. The minimum absolute atomic E-state index is 0.0990. The van der Waals surface area contributed by atoms with Crippen molar-refractivity contribution in [2.24, 2.45) is 17.8 Å². The molecule has 1 aromatic carbocycles. The standard InChI is InChI=1S/C32H36N2O6/c1-20-17-23-30(32(39)34(31(23)38)16-8-2-3-12-28(36)37)24-19-40-27(29(20)24)14-13-21(25-10-6-7-15-33-25)18-22-9-4-5-11-26(22)35/h4-7,9-11,15,18,23-24,27,30,35H,2-3,8,12-14,16-17,19H2,1H3,(H,36,37)/b21-18-/t23-,24+,27-,30-/m1/s1. The van der Waals surface area contributed by atoms with E-state index >= 15 is 0 Å². The summed E-state index contributed by atoms with van der Waals surface area (Å²) in [5.74, 6) is -1.65. The monoisotopic (exact) mass is 544 g/mol. The van der Waals surface area contributed by atoms with Crippen molar-refractivity contribution >= 4 is 29.4 Å². The number of hydrogen-bond acceptors (Lipinski definition) is 6. The fraction of sp³-hybridized carbons (Fsp3) is 0.438. The molecule has 40 heavy (non-hydrogen) atoms. The fourth-order valence-electron chi connectivity index (χ4n) is 6.55. The number of phenols is 1. The molecule has 2 amide bonds. The quantitative estimate of drug-likeness (QED) is 0.230. The number of aromatic hydroxyl groups is 1. The van der Waals surface area contributed by atoms with Gasteiger partial charge in [0, 0.05) is 30.6 Å². The Morgan fingerprint density at radius 3 is 2.60 bits per heavy atom. The van der Waals surface area contributed by atoms with Crippen LogP contribution in [0.1, 0.15) is 63.1 Å². The van der Waals surface area contributed by atoms with Gasteiger partial charge in [-0.3, -0.25) is 24.3 Å². The van der Waals surface area contributed by atoms with Gasteiger partial charge in [0.15, 0.2) is 0 Å². The summed E-state index contributed by atoms with van der Waals surface area (Å²) in [4.78, 5) is 43.4. The van der Waals surface area contributed by atoms with E-state index in [1.165, 1.54) is 4.90 Å². The Hall–Kier alpha value is -3.78. The first-order chi connectivity index (χ1) is 19.3. The predicted octanol–water partition coefficient (Wildman–Crippen LogP) is 5.09. The number of nitrogens with zero attached hydrogens (tertiary/aromatic N) is 2. The van der Waals surface area contributed by atoms with E-state index in [1.807, 2.05) is 36.4 Å². The minimum Gasteiger partial charge on any atom is -0.507 e. The molecule has 2 N–H and O–H groups in total. The van der Waals surface area contributed by atoms with Gasteiger partial charge in [0.05, 0.1) is 30.2 Å². The van der Waals surface area contributed by atoms with Gasteiger partial charge in [0.2, 0.25) is 11.8 Å². The number of carboxylic acids is 1. The number of phenolic OH excluding ortho intramolecular Hbond substituents is 1. The van der Waals surface area contributed by atoms with Crippen molar-refractivity contribution in [3.05, 3.63) is 71.1 Å². The number of amides is 2. The molecule has 0 radical (unpaired) electrons. The summed E-state index contributed by atoms with van der Waals surface area (Å²) in [6, 6.07) is 13.0. The number of aliphatic carboxylic acids is 1. The Balaban J connectivity index is 1.29. The second kappa shape index (κ2) is 12.2. The van der Waals surface area contributed by atoms with E-state index in [9.17, 15) is 19.5 Å². The molecule has 8 nitrogen and oxygen atoms in total. The number of carbonyl (C=O) groups excluding carboxylic acids is 2. The van der Waals surface area contributed by atoms with Crippen LogP contribution < -0.4 is 0 Å². The number of rotatable bonds is 11. The van der Waals surface area contributed by atoms with Gasteiger partial charge < -0.3 is 14.9 Å². The third-order valence-electron chi connectivity index (χ3n) is 8.45. The third-order valence-corrected chi connectivity index (χ3v) is 8.45. The molecule has 8 heteroatoms. The van der Waals surface area contributed by atoms with Crippen LogP contribution in [0.2, 0.25) is 0 Å². The Bertz CT molecular complexity index is 1330. The molecule has 2 saturated heterocycles. The number of imide groups is 1. The predicted molar refractivity (Wildman–Crippen MR) is 150 cm³/mol. The first-order valence-electron chi connectivity index (χ1n) is 14.1. The maximum Gasteiger partial charge on any atom is 0.303 e. The third kappa shape index (κ3) is 5.72. The number of carboxylic acid groups (broad SMARTS) is 1. The number of hydrogen-bond donors (Lipinski definition) is 2. The number of likely N-dealkylation sites (tertiary alicyclic amines) is 1. The van der Waals surface area contributed by atoms with Gasteiger partial charge in [-0.15, -0.1) is 0 Å². The van der Waals surface area contributed by atoms with Crippen molar-refractivity contribution in [3.63, 3.8) is 0 Å². The first kappa shape index (κ1) is 27.8. The van der Waals surface area contributed by atoms with Crippen LogP contribution in [-0.2, 0) is 19.1 Å². The zero-order valence-electron chi connectivity index (χ0n) is 22.8. The Morgan fingerprint density at radius 1 is 1.05 bits per heavy atom. The van der Waals surface area contributed by atoms with Gasteiger partial charge in [-0.1, -0.05) is 36.3 Å². The fourth-order valence-corrected chi connectivity index (χ4v) is 6.55. The van der Waals surface area contributed by atoms with Crippen molar-refractivity contribution in [3.8, 4) is 5.75 Å². The van der Waals surface area contributed by atoms with Crippen LogP contribution in [0.5, 0.6) is 5.75 Å². The summed E-state index contributed by atoms with van der Waals surface area (Å²) in [7, 11) is 0. The number of fused-ring (bicyclic) bond motifs is 3. The molecule has 2 fully saturated rings. The lowest BCUT2D eigenvalue weighted by Crippen LogP contribution is -2.34. The van der Waals surface area contributed by atoms with Gasteiger partial charge in [0.1, 0.15) is 5.75 Å². The Morgan fingerprint density at radius 2 is 1.85 bits per heavy atom. The zero-order valence-corrected chi connectivity index (χ0v) is 22.8. The van der Waals surface area contributed by atoms with Crippen LogP contribution in [-0.4, -0.2) is 57.1 Å². The second-order valence-corrected chi connectivity index (χ2v) is 11.0. The summed E-state index contributed by atoms with van der Waals surface area (Å²) in [6.45, 7) is 2.83. The van der Waals surface area contributed by atoms with Gasteiger partial charge in [-0.05, 0) is 74.4 Å². The average molecular weight is 545 g/mol. The van der Waals surface area contributed by atoms with Crippen LogP contribution in [0.25, 0.3) is 11.6 Å². The summed E-state index contributed by atoms with van der Waals surface area (Å²) in [5.41, 5.74) is 4.85. The molecule has 3 aliphatic rings. The number of carbonyl (C=O) groups is 3.